The number of hydrogen-bond donors (Lipinski definition) is 1. The van der Waals surface area contributed by atoms with Gasteiger partial charge in [-0.2, -0.15) is 4.98 Å². The number of carbonyl (C=O) groups excluding carboxylic acids is 1. The molecule has 1 saturated carbocycles. The topological polar surface area (TPSA) is 68.0 Å². The molecule has 1 aliphatic rings. The molecule has 0 bridgehead atoms. The van der Waals surface area contributed by atoms with Crippen LogP contribution in [0.15, 0.2) is 4.52 Å². The van der Waals surface area contributed by atoms with Crippen LogP contribution in [0, 0.1) is 11.8 Å². The Morgan fingerprint density at radius 2 is 2.05 bits per heavy atom. The maximum atomic E-state index is 12.1. The van der Waals surface area contributed by atoms with E-state index in [4.69, 9.17) is 4.52 Å². The summed E-state index contributed by atoms with van der Waals surface area (Å²) >= 11 is 0. The van der Waals surface area contributed by atoms with Gasteiger partial charge in [0.2, 0.25) is 11.8 Å². The van der Waals surface area contributed by atoms with E-state index in [2.05, 4.69) is 29.3 Å². The van der Waals surface area contributed by atoms with Crippen molar-refractivity contribution in [3.63, 3.8) is 0 Å². The molecule has 0 aliphatic heterocycles. The molecule has 1 aliphatic carbocycles. The quantitative estimate of drug-likeness (QED) is 0.927. The molecule has 1 amide bonds. The second-order valence-corrected chi connectivity index (χ2v) is 7.70. The van der Waals surface area contributed by atoms with Crippen LogP contribution in [0.5, 0.6) is 0 Å². The van der Waals surface area contributed by atoms with E-state index in [0.717, 1.165) is 6.42 Å². The summed E-state index contributed by atoms with van der Waals surface area (Å²) in [7, 11) is 0. The number of aryl methyl sites for hydroxylation is 1. The molecule has 124 valence electrons. The molecular weight excluding hydrogens is 278 g/mol. The zero-order chi connectivity index (χ0) is 16.3. The molecule has 2 rings (SSSR count). The van der Waals surface area contributed by atoms with Crippen LogP contribution < -0.4 is 5.32 Å². The lowest BCUT2D eigenvalue weighted by Crippen LogP contribution is -2.43. The van der Waals surface area contributed by atoms with Gasteiger partial charge in [0.25, 0.3) is 0 Å². The third-order valence-corrected chi connectivity index (χ3v) is 4.76. The van der Waals surface area contributed by atoms with Gasteiger partial charge in [-0.25, -0.2) is 0 Å². The molecule has 1 heterocycles. The minimum Gasteiger partial charge on any atom is -0.353 e. The van der Waals surface area contributed by atoms with Crippen molar-refractivity contribution in [1.82, 2.24) is 15.5 Å². The van der Waals surface area contributed by atoms with Gasteiger partial charge < -0.3 is 9.84 Å². The summed E-state index contributed by atoms with van der Waals surface area (Å²) in [5.41, 5.74) is -0.127. The van der Waals surface area contributed by atoms with Crippen molar-refractivity contribution >= 4 is 5.91 Å². The van der Waals surface area contributed by atoms with E-state index in [-0.39, 0.29) is 11.3 Å². The van der Waals surface area contributed by atoms with E-state index >= 15 is 0 Å². The fourth-order valence-electron chi connectivity index (χ4n) is 2.95. The Morgan fingerprint density at radius 1 is 1.32 bits per heavy atom. The van der Waals surface area contributed by atoms with Gasteiger partial charge in [0.1, 0.15) is 0 Å². The first-order chi connectivity index (χ1) is 10.3. The highest BCUT2D eigenvalue weighted by atomic mass is 16.5. The van der Waals surface area contributed by atoms with Crippen LogP contribution in [0.1, 0.15) is 72.0 Å². The number of amides is 1. The van der Waals surface area contributed by atoms with Crippen molar-refractivity contribution in [3.05, 3.63) is 11.7 Å². The normalized spacial score (nSPS) is 26.0. The van der Waals surface area contributed by atoms with E-state index < -0.39 is 0 Å². The first kappa shape index (κ1) is 17.0. The maximum absolute atomic E-state index is 12.1. The molecule has 1 fully saturated rings. The molecule has 22 heavy (non-hydrogen) atoms. The van der Waals surface area contributed by atoms with Crippen molar-refractivity contribution in [2.75, 3.05) is 0 Å². The minimum atomic E-state index is -0.127. The molecule has 0 spiro atoms. The number of nitrogens with one attached hydrogen (secondary N) is 1. The van der Waals surface area contributed by atoms with Crippen molar-refractivity contribution in [2.24, 2.45) is 11.8 Å². The standard InChI is InChI=1S/C17H29N3O2/c1-11-7-6-8-13(12(11)2)18-14(21)9-10-15-19-16(20-22-15)17(3,4)5/h11-13H,6-10H2,1-5H3,(H,18,21)/t11-,12-,13-/m1/s1. The van der Waals surface area contributed by atoms with Gasteiger partial charge >= 0.3 is 0 Å². The first-order valence-corrected chi connectivity index (χ1v) is 8.40. The van der Waals surface area contributed by atoms with E-state index in [0.29, 0.717) is 42.4 Å². The molecule has 1 aromatic rings. The molecule has 0 unspecified atom stereocenters. The Bertz CT molecular complexity index is 504. The Balaban J connectivity index is 1.81. The SMILES string of the molecule is C[C@@H]1[C@H](C)CCC[C@H]1NC(=O)CCc1nc(C(C)(C)C)no1. The van der Waals surface area contributed by atoms with Gasteiger partial charge in [-0.1, -0.05) is 52.6 Å². The number of carbonyl (C=O) groups is 1. The fraction of sp³-hybridized carbons (Fsp3) is 0.824. The third-order valence-electron chi connectivity index (χ3n) is 4.76. The molecular formula is C17H29N3O2. The molecule has 3 atom stereocenters. The van der Waals surface area contributed by atoms with Crippen LogP contribution in [0.4, 0.5) is 0 Å². The zero-order valence-electron chi connectivity index (χ0n) is 14.5. The van der Waals surface area contributed by atoms with Crippen molar-refractivity contribution in [3.8, 4) is 0 Å². The summed E-state index contributed by atoms with van der Waals surface area (Å²) in [4.78, 5) is 16.5. The number of aromatic nitrogens is 2. The Hall–Kier alpha value is -1.39. The second kappa shape index (κ2) is 6.80. The molecule has 1 aromatic heterocycles. The van der Waals surface area contributed by atoms with Gasteiger partial charge in [-0.15, -0.1) is 0 Å². The minimum absolute atomic E-state index is 0.0847. The van der Waals surface area contributed by atoms with Crippen LogP contribution in [0.2, 0.25) is 0 Å². The van der Waals surface area contributed by atoms with Gasteiger partial charge in [-0.05, 0) is 18.3 Å². The molecule has 1 N–H and O–H groups in total. The lowest BCUT2D eigenvalue weighted by Gasteiger charge is -2.34. The van der Waals surface area contributed by atoms with E-state index in [1.54, 1.807) is 0 Å². The van der Waals surface area contributed by atoms with Crippen LogP contribution in [-0.2, 0) is 16.6 Å². The first-order valence-electron chi connectivity index (χ1n) is 8.40. The van der Waals surface area contributed by atoms with Gasteiger partial charge in [-0.3, -0.25) is 4.79 Å². The van der Waals surface area contributed by atoms with Crippen LogP contribution in [0.3, 0.4) is 0 Å². The van der Waals surface area contributed by atoms with E-state index in [9.17, 15) is 4.79 Å². The molecule has 5 nitrogen and oxygen atoms in total. The third kappa shape index (κ3) is 4.31. The average Bonchev–Trinajstić information content (AvgIpc) is 2.91. The highest BCUT2D eigenvalue weighted by molar-refractivity contribution is 5.76. The summed E-state index contributed by atoms with van der Waals surface area (Å²) in [5.74, 6) is 2.56. The molecule has 0 aromatic carbocycles. The Morgan fingerprint density at radius 3 is 2.68 bits per heavy atom. The fourth-order valence-corrected chi connectivity index (χ4v) is 2.95. The van der Waals surface area contributed by atoms with E-state index in [1.807, 2.05) is 20.8 Å². The monoisotopic (exact) mass is 307 g/mol. The number of hydrogen-bond acceptors (Lipinski definition) is 4. The van der Waals surface area contributed by atoms with Crippen LogP contribution >= 0.6 is 0 Å². The van der Waals surface area contributed by atoms with Crippen molar-refractivity contribution in [2.45, 2.75) is 78.2 Å². The maximum Gasteiger partial charge on any atom is 0.227 e. The number of rotatable bonds is 4. The van der Waals surface area contributed by atoms with E-state index in [1.165, 1.54) is 12.8 Å². The van der Waals surface area contributed by atoms with Gasteiger partial charge in [0.05, 0.1) is 0 Å². The number of nitrogens with zero attached hydrogens (tertiary/aromatic N) is 2. The van der Waals surface area contributed by atoms with Crippen LogP contribution in [-0.4, -0.2) is 22.1 Å². The molecule has 0 radical (unpaired) electrons. The summed E-state index contributed by atoms with van der Waals surface area (Å²) in [6, 6.07) is 0.309. The van der Waals surface area contributed by atoms with Gasteiger partial charge in [0, 0.05) is 24.3 Å². The summed E-state index contributed by atoms with van der Waals surface area (Å²) in [6.07, 6.45) is 4.47. The summed E-state index contributed by atoms with van der Waals surface area (Å²) < 4.78 is 5.23. The van der Waals surface area contributed by atoms with Crippen molar-refractivity contribution < 1.29 is 9.32 Å². The van der Waals surface area contributed by atoms with Crippen molar-refractivity contribution in [1.29, 1.82) is 0 Å². The highest BCUT2D eigenvalue weighted by Crippen LogP contribution is 2.29. The lowest BCUT2D eigenvalue weighted by atomic mass is 9.78. The largest absolute Gasteiger partial charge is 0.353 e. The summed E-state index contributed by atoms with van der Waals surface area (Å²) in [6.45, 7) is 10.6. The lowest BCUT2D eigenvalue weighted by molar-refractivity contribution is -0.122. The summed E-state index contributed by atoms with van der Waals surface area (Å²) in [5, 5.41) is 7.16. The Kier molecular flexibility index (Phi) is 5.24. The molecule has 5 heteroatoms. The zero-order valence-corrected chi connectivity index (χ0v) is 14.5. The average molecular weight is 307 g/mol. The second-order valence-electron chi connectivity index (χ2n) is 7.70. The predicted octanol–water partition coefficient (Wildman–Crippen LogP) is 3.24. The Labute approximate surface area is 133 Å². The smallest absolute Gasteiger partial charge is 0.227 e. The van der Waals surface area contributed by atoms with Crippen LogP contribution in [0.25, 0.3) is 0 Å². The van der Waals surface area contributed by atoms with Gasteiger partial charge in [0.15, 0.2) is 5.82 Å². The predicted molar refractivity (Wildman–Crippen MR) is 85.4 cm³/mol. The molecule has 0 saturated heterocycles. The highest BCUT2D eigenvalue weighted by Gasteiger charge is 2.28.